The maximum atomic E-state index is 12.6. The first-order valence-corrected chi connectivity index (χ1v) is 7.17. The molecular weight excluding hydrogens is 248 g/mol. The lowest BCUT2D eigenvalue weighted by Crippen LogP contribution is -2.41. The number of carbonyl (C=O) groups is 1. The molecule has 1 atom stereocenters. The lowest BCUT2D eigenvalue weighted by molar-refractivity contribution is -0.136. The molecule has 3 nitrogen and oxygen atoms in total. The van der Waals surface area contributed by atoms with E-state index in [1.165, 1.54) is 25.7 Å². The molecule has 1 heterocycles. The monoisotopic (exact) mass is 272 g/mol. The van der Waals surface area contributed by atoms with E-state index in [1.807, 2.05) is 0 Å². The molecule has 1 saturated heterocycles. The molecule has 1 amide bonds. The predicted molar refractivity (Wildman–Crippen MR) is 74.9 cm³/mol. The molecule has 18 heavy (non-hydrogen) atoms. The summed E-state index contributed by atoms with van der Waals surface area (Å²) in [5.41, 5.74) is 0.393. The highest BCUT2D eigenvalue weighted by atomic mass is 35.5. The number of piperidine rings is 1. The van der Waals surface area contributed by atoms with Crippen LogP contribution in [0.25, 0.3) is 0 Å². The molecule has 104 valence electrons. The van der Waals surface area contributed by atoms with Gasteiger partial charge in [0.1, 0.15) is 0 Å². The Morgan fingerprint density at radius 3 is 2.39 bits per heavy atom. The lowest BCUT2D eigenvalue weighted by atomic mass is 9.91. The minimum atomic E-state index is 0. The van der Waals surface area contributed by atoms with Crippen LogP contribution in [-0.4, -0.2) is 36.0 Å². The first kappa shape index (κ1) is 14.1. The second kappa shape index (κ2) is 5.01. The zero-order chi connectivity index (χ0) is 12.0. The van der Waals surface area contributed by atoms with E-state index >= 15 is 0 Å². The molecule has 4 heteroatoms. The fraction of sp³-hybridized carbons (Fsp3) is 0.929. The lowest BCUT2D eigenvalue weighted by Gasteiger charge is -2.29. The summed E-state index contributed by atoms with van der Waals surface area (Å²) in [5.74, 6) is 0.817. The molecule has 3 aliphatic rings. The summed E-state index contributed by atoms with van der Waals surface area (Å²) < 4.78 is 0. The summed E-state index contributed by atoms with van der Waals surface area (Å²) in [7, 11) is 0. The molecule has 0 radical (unpaired) electrons. The molecule has 0 aromatic heterocycles. The topological polar surface area (TPSA) is 32.3 Å². The van der Waals surface area contributed by atoms with Crippen LogP contribution in [0.2, 0.25) is 0 Å². The van der Waals surface area contributed by atoms with Crippen molar-refractivity contribution in [2.75, 3.05) is 13.1 Å². The molecule has 1 spiro atoms. The van der Waals surface area contributed by atoms with Crippen molar-refractivity contribution in [3.8, 4) is 0 Å². The summed E-state index contributed by atoms with van der Waals surface area (Å²) in [5, 5.41) is 3.40. The van der Waals surface area contributed by atoms with Gasteiger partial charge in [-0.1, -0.05) is 0 Å². The molecule has 1 unspecified atom stereocenters. The number of nitrogens with zero attached hydrogens (tertiary/aromatic N) is 1. The SMILES string of the molecule is CC(C)N(C(=O)C1CC12CCNCC2)C1CC1.Cl. The van der Waals surface area contributed by atoms with Crippen LogP contribution in [0.1, 0.15) is 46.0 Å². The van der Waals surface area contributed by atoms with Gasteiger partial charge in [0, 0.05) is 18.0 Å². The van der Waals surface area contributed by atoms with Gasteiger partial charge in [0.25, 0.3) is 0 Å². The Labute approximate surface area is 116 Å². The smallest absolute Gasteiger partial charge is 0.226 e. The van der Waals surface area contributed by atoms with Gasteiger partial charge in [0.15, 0.2) is 0 Å². The Hall–Kier alpha value is -0.280. The highest BCUT2D eigenvalue weighted by molar-refractivity contribution is 5.85. The quantitative estimate of drug-likeness (QED) is 0.854. The molecule has 1 N–H and O–H groups in total. The van der Waals surface area contributed by atoms with Crippen molar-refractivity contribution in [3.63, 3.8) is 0 Å². The molecular formula is C14H25ClN2O. The van der Waals surface area contributed by atoms with E-state index in [4.69, 9.17) is 0 Å². The molecule has 0 aromatic rings. The third kappa shape index (κ3) is 2.39. The number of halogens is 1. The molecule has 2 aliphatic carbocycles. The summed E-state index contributed by atoms with van der Waals surface area (Å²) in [6.45, 7) is 6.53. The Morgan fingerprint density at radius 2 is 1.89 bits per heavy atom. The van der Waals surface area contributed by atoms with Crippen LogP contribution in [-0.2, 0) is 4.79 Å². The zero-order valence-electron chi connectivity index (χ0n) is 11.4. The zero-order valence-corrected chi connectivity index (χ0v) is 12.3. The standard InChI is InChI=1S/C14H24N2O.ClH/c1-10(2)16(11-3-4-11)13(17)12-9-14(12)5-7-15-8-6-14;/h10-12,15H,3-9H2,1-2H3;1H. The van der Waals surface area contributed by atoms with Gasteiger partial charge in [-0.15, -0.1) is 12.4 Å². The number of rotatable bonds is 3. The van der Waals surface area contributed by atoms with Crippen LogP contribution in [0.3, 0.4) is 0 Å². The van der Waals surface area contributed by atoms with E-state index in [0.717, 1.165) is 19.5 Å². The van der Waals surface area contributed by atoms with E-state index in [-0.39, 0.29) is 12.4 Å². The third-order valence-electron chi connectivity index (χ3n) is 4.84. The molecule has 1 aliphatic heterocycles. The average molecular weight is 273 g/mol. The molecule has 0 bridgehead atoms. The Balaban J connectivity index is 0.00000120. The van der Waals surface area contributed by atoms with Crippen LogP contribution in [0, 0.1) is 11.3 Å². The van der Waals surface area contributed by atoms with Gasteiger partial charge < -0.3 is 10.2 Å². The number of hydrogen-bond donors (Lipinski definition) is 1. The Kier molecular flexibility index (Phi) is 3.93. The van der Waals surface area contributed by atoms with E-state index < -0.39 is 0 Å². The first-order valence-electron chi connectivity index (χ1n) is 7.17. The van der Waals surface area contributed by atoms with E-state index in [9.17, 15) is 4.79 Å². The number of hydrogen-bond acceptors (Lipinski definition) is 2. The van der Waals surface area contributed by atoms with Crippen molar-refractivity contribution in [2.45, 2.75) is 58.0 Å². The van der Waals surface area contributed by atoms with Gasteiger partial charge in [-0.05, 0) is 64.5 Å². The van der Waals surface area contributed by atoms with Gasteiger partial charge in [0.2, 0.25) is 5.91 Å². The second-order valence-corrected chi connectivity index (χ2v) is 6.44. The van der Waals surface area contributed by atoms with Crippen molar-refractivity contribution >= 4 is 18.3 Å². The molecule has 2 saturated carbocycles. The van der Waals surface area contributed by atoms with Crippen LogP contribution in [0.4, 0.5) is 0 Å². The number of nitrogens with one attached hydrogen (secondary N) is 1. The largest absolute Gasteiger partial charge is 0.337 e. The van der Waals surface area contributed by atoms with Crippen LogP contribution in [0.5, 0.6) is 0 Å². The van der Waals surface area contributed by atoms with Crippen LogP contribution >= 0.6 is 12.4 Å². The van der Waals surface area contributed by atoms with Crippen LogP contribution in [0.15, 0.2) is 0 Å². The Morgan fingerprint density at radius 1 is 1.28 bits per heavy atom. The van der Waals surface area contributed by atoms with Crippen LogP contribution < -0.4 is 5.32 Å². The third-order valence-corrected chi connectivity index (χ3v) is 4.84. The summed E-state index contributed by atoms with van der Waals surface area (Å²) in [4.78, 5) is 14.8. The van der Waals surface area contributed by atoms with E-state index in [2.05, 4.69) is 24.1 Å². The second-order valence-electron chi connectivity index (χ2n) is 6.44. The number of carbonyl (C=O) groups excluding carboxylic acids is 1. The average Bonchev–Trinajstić information content (AvgIpc) is 3.17. The first-order chi connectivity index (χ1) is 8.14. The van der Waals surface area contributed by atoms with Crippen molar-refractivity contribution < 1.29 is 4.79 Å². The minimum absolute atomic E-state index is 0. The van der Waals surface area contributed by atoms with Gasteiger partial charge in [-0.2, -0.15) is 0 Å². The maximum absolute atomic E-state index is 12.6. The van der Waals surface area contributed by atoms with Gasteiger partial charge in [-0.25, -0.2) is 0 Å². The molecule has 3 rings (SSSR count). The molecule has 3 fully saturated rings. The molecule has 0 aromatic carbocycles. The normalized spacial score (nSPS) is 28.9. The van der Waals surface area contributed by atoms with Gasteiger partial charge in [0.05, 0.1) is 0 Å². The summed E-state index contributed by atoms with van der Waals surface area (Å²) in [6, 6.07) is 0.955. The minimum Gasteiger partial charge on any atom is -0.337 e. The van der Waals surface area contributed by atoms with Crippen molar-refractivity contribution in [1.82, 2.24) is 10.2 Å². The van der Waals surface area contributed by atoms with Crippen molar-refractivity contribution in [3.05, 3.63) is 0 Å². The van der Waals surface area contributed by atoms with Gasteiger partial charge >= 0.3 is 0 Å². The van der Waals surface area contributed by atoms with E-state index in [1.54, 1.807) is 0 Å². The maximum Gasteiger partial charge on any atom is 0.226 e. The van der Waals surface area contributed by atoms with E-state index in [0.29, 0.717) is 29.3 Å². The Bertz CT molecular complexity index is 320. The van der Waals surface area contributed by atoms with Gasteiger partial charge in [-0.3, -0.25) is 4.79 Å². The fourth-order valence-electron chi connectivity index (χ4n) is 3.56. The predicted octanol–water partition coefficient (Wildman–Crippen LogP) is 2.20. The summed E-state index contributed by atoms with van der Waals surface area (Å²) >= 11 is 0. The fourth-order valence-corrected chi connectivity index (χ4v) is 3.56. The van der Waals surface area contributed by atoms with Crippen molar-refractivity contribution in [2.24, 2.45) is 11.3 Å². The summed E-state index contributed by atoms with van der Waals surface area (Å²) in [6.07, 6.45) is 6.03. The number of amides is 1. The van der Waals surface area contributed by atoms with Crippen molar-refractivity contribution in [1.29, 1.82) is 0 Å². The highest BCUT2D eigenvalue weighted by Gasteiger charge is 2.59. The highest BCUT2D eigenvalue weighted by Crippen LogP contribution is 2.59.